The highest BCUT2D eigenvalue weighted by molar-refractivity contribution is 6.13. The number of carbonyl (C=O) groups is 1. The van der Waals surface area contributed by atoms with Gasteiger partial charge in [0.15, 0.2) is 17.2 Å². The van der Waals surface area contributed by atoms with Crippen LogP contribution < -0.4 is 9.47 Å². The first-order valence-corrected chi connectivity index (χ1v) is 8.10. The van der Waals surface area contributed by atoms with Gasteiger partial charge in [-0.25, -0.2) is 9.79 Å². The summed E-state index contributed by atoms with van der Waals surface area (Å²) in [5, 5.41) is 0. The molecule has 0 amide bonds. The van der Waals surface area contributed by atoms with Crippen molar-refractivity contribution in [2.45, 2.75) is 20.5 Å². The van der Waals surface area contributed by atoms with Gasteiger partial charge in [-0.1, -0.05) is 23.3 Å². The van der Waals surface area contributed by atoms with Crippen LogP contribution in [0.5, 0.6) is 11.5 Å². The van der Waals surface area contributed by atoms with Crippen molar-refractivity contribution < 1.29 is 27.8 Å². The number of methoxy groups -OCH3 is 1. The summed E-state index contributed by atoms with van der Waals surface area (Å²) in [5.41, 5.74) is 3.25. The van der Waals surface area contributed by atoms with E-state index in [2.05, 4.69) is 9.73 Å². The Balaban J connectivity index is 1.94. The Morgan fingerprint density at radius 1 is 1.07 bits per heavy atom. The van der Waals surface area contributed by atoms with E-state index in [0.29, 0.717) is 11.1 Å². The fourth-order valence-corrected chi connectivity index (χ4v) is 2.76. The quantitative estimate of drug-likeness (QED) is 0.581. The van der Waals surface area contributed by atoms with Gasteiger partial charge in [0.1, 0.15) is 0 Å². The summed E-state index contributed by atoms with van der Waals surface area (Å²) >= 11 is 0. The van der Waals surface area contributed by atoms with Gasteiger partial charge in [-0.05, 0) is 49.8 Å². The second kappa shape index (κ2) is 7.57. The van der Waals surface area contributed by atoms with Gasteiger partial charge >= 0.3 is 12.6 Å². The first kappa shape index (κ1) is 18.6. The molecule has 0 radical (unpaired) electrons. The van der Waals surface area contributed by atoms with E-state index in [1.54, 1.807) is 6.07 Å². The maximum absolute atomic E-state index is 12.6. The summed E-state index contributed by atoms with van der Waals surface area (Å²) in [7, 11) is 1.35. The van der Waals surface area contributed by atoms with E-state index < -0.39 is 12.6 Å². The summed E-state index contributed by atoms with van der Waals surface area (Å²) in [6.45, 7) is 0.881. The van der Waals surface area contributed by atoms with E-state index in [0.717, 1.165) is 11.1 Å². The number of nitrogens with zero attached hydrogens (tertiary/aromatic N) is 1. The molecule has 0 saturated heterocycles. The number of hydrogen-bond acceptors (Lipinski definition) is 5. The van der Waals surface area contributed by atoms with Gasteiger partial charge in [-0.2, -0.15) is 8.78 Å². The molecule has 5 nitrogen and oxygen atoms in total. The topological polar surface area (TPSA) is 57.1 Å². The molecule has 140 valence electrons. The van der Waals surface area contributed by atoms with Gasteiger partial charge in [-0.15, -0.1) is 0 Å². The molecule has 1 heterocycles. The van der Waals surface area contributed by atoms with E-state index in [-0.39, 0.29) is 23.1 Å². The molecule has 27 heavy (non-hydrogen) atoms. The summed E-state index contributed by atoms with van der Waals surface area (Å²) < 4.78 is 39.8. The molecule has 1 aliphatic rings. The highest BCUT2D eigenvalue weighted by atomic mass is 19.3. The van der Waals surface area contributed by atoms with Crippen molar-refractivity contribution in [3.8, 4) is 11.5 Å². The smallest absolute Gasteiger partial charge is 0.387 e. The van der Waals surface area contributed by atoms with Crippen LogP contribution in [0.2, 0.25) is 0 Å². The molecule has 0 N–H and O–H groups in total. The van der Waals surface area contributed by atoms with Gasteiger partial charge in [0.25, 0.3) is 0 Å². The molecule has 1 aliphatic heterocycles. The fourth-order valence-electron chi connectivity index (χ4n) is 2.76. The number of cyclic esters (lactones) is 1. The molecule has 0 fully saturated rings. The Morgan fingerprint density at radius 3 is 2.41 bits per heavy atom. The van der Waals surface area contributed by atoms with Crippen LogP contribution in [-0.4, -0.2) is 25.6 Å². The van der Waals surface area contributed by atoms with Gasteiger partial charge in [0.2, 0.25) is 5.90 Å². The zero-order chi connectivity index (χ0) is 19.6. The number of ether oxygens (including phenoxy) is 3. The number of rotatable bonds is 5. The maximum Gasteiger partial charge on any atom is 0.387 e. The molecular weight excluding hydrogens is 356 g/mol. The minimum absolute atomic E-state index is 0.0670. The number of hydrogen-bond donors (Lipinski definition) is 0. The van der Waals surface area contributed by atoms with Crippen LogP contribution in [0.1, 0.15) is 22.3 Å². The normalized spacial score (nSPS) is 15.1. The molecule has 0 aromatic heterocycles. The van der Waals surface area contributed by atoms with E-state index in [1.165, 1.54) is 25.3 Å². The zero-order valence-electron chi connectivity index (χ0n) is 15.0. The van der Waals surface area contributed by atoms with E-state index in [1.807, 2.05) is 32.0 Å². The largest absolute Gasteiger partial charge is 0.493 e. The zero-order valence-corrected chi connectivity index (χ0v) is 15.0. The molecule has 3 rings (SSSR count). The second-order valence-electron chi connectivity index (χ2n) is 6.00. The van der Waals surface area contributed by atoms with Crippen molar-refractivity contribution in [2.75, 3.05) is 7.11 Å². The maximum atomic E-state index is 12.6. The standard InChI is InChI=1S/C20H17F2NO4/c1-11-6-12(2)8-14(7-11)18-23-15(19(24)27-18)9-13-4-5-16(25-3)17(10-13)26-20(21)22/h4-10,20H,1-3H3/b15-9-. The van der Waals surface area contributed by atoms with E-state index >= 15 is 0 Å². The van der Waals surface area contributed by atoms with Crippen LogP contribution in [0.25, 0.3) is 6.08 Å². The fraction of sp³-hybridized carbons (Fsp3) is 0.200. The van der Waals surface area contributed by atoms with Crippen molar-refractivity contribution in [1.29, 1.82) is 0 Å². The highest BCUT2D eigenvalue weighted by Crippen LogP contribution is 2.31. The number of esters is 1. The number of halogens is 2. The van der Waals surface area contributed by atoms with Crippen molar-refractivity contribution in [3.63, 3.8) is 0 Å². The van der Waals surface area contributed by atoms with Crippen molar-refractivity contribution in [2.24, 2.45) is 4.99 Å². The summed E-state index contributed by atoms with van der Waals surface area (Å²) in [5.74, 6) is -0.385. The van der Waals surface area contributed by atoms with E-state index in [4.69, 9.17) is 9.47 Å². The lowest BCUT2D eigenvalue weighted by Gasteiger charge is -2.10. The van der Waals surface area contributed by atoms with Crippen LogP contribution >= 0.6 is 0 Å². The van der Waals surface area contributed by atoms with Crippen LogP contribution in [0.15, 0.2) is 47.1 Å². The van der Waals surface area contributed by atoms with Gasteiger partial charge in [-0.3, -0.25) is 0 Å². The van der Waals surface area contributed by atoms with Gasteiger partial charge in [0, 0.05) is 5.56 Å². The van der Waals surface area contributed by atoms with Crippen molar-refractivity contribution in [3.05, 3.63) is 64.3 Å². The van der Waals surface area contributed by atoms with Crippen molar-refractivity contribution >= 4 is 17.9 Å². The molecule has 0 spiro atoms. The Morgan fingerprint density at radius 2 is 1.78 bits per heavy atom. The summed E-state index contributed by atoms with van der Waals surface area (Å²) in [6.07, 6.45) is 1.44. The summed E-state index contributed by atoms with van der Waals surface area (Å²) in [4.78, 5) is 16.4. The average Bonchev–Trinajstić information content (AvgIpc) is 2.94. The van der Waals surface area contributed by atoms with Crippen LogP contribution in [-0.2, 0) is 9.53 Å². The predicted octanol–water partition coefficient (Wildman–Crippen LogP) is 4.26. The molecule has 2 aromatic carbocycles. The highest BCUT2D eigenvalue weighted by Gasteiger charge is 2.24. The third-order valence-electron chi connectivity index (χ3n) is 3.80. The molecule has 2 aromatic rings. The molecule has 0 bridgehead atoms. The van der Waals surface area contributed by atoms with Crippen molar-refractivity contribution in [1.82, 2.24) is 0 Å². The monoisotopic (exact) mass is 373 g/mol. The SMILES string of the molecule is COc1ccc(/C=C2\N=C(c3cc(C)cc(C)c3)OC2=O)cc1OC(F)F. The Labute approximate surface area is 154 Å². The molecule has 0 unspecified atom stereocenters. The average molecular weight is 373 g/mol. The minimum atomic E-state index is -2.99. The van der Waals surface area contributed by atoms with E-state index in [9.17, 15) is 13.6 Å². The summed E-state index contributed by atoms with van der Waals surface area (Å²) in [6, 6.07) is 10.1. The molecule has 7 heteroatoms. The van der Waals surface area contributed by atoms with Crippen LogP contribution in [0.3, 0.4) is 0 Å². The molecule has 0 aliphatic carbocycles. The Kier molecular flexibility index (Phi) is 5.21. The predicted molar refractivity (Wildman–Crippen MR) is 96.1 cm³/mol. The number of aryl methyl sites for hydroxylation is 2. The number of alkyl halides is 2. The van der Waals surface area contributed by atoms with Gasteiger partial charge < -0.3 is 14.2 Å². The lowest BCUT2D eigenvalue weighted by molar-refractivity contribution is -0.129. The Bertz CT molecular complexity index is 931. The first-order valence-electron chi connectivity index (χ1n) is 8.10. The minimum Gasteiger partial charge on any atom is -0.493 e. The molecular formula is C20H17F2NO4. The first-order chi connectivity index (χ1) is 12.9. The third-order valence-corrected chi connectivity index (χ3v) is 3.80. The van der Waals surface area contributed by atoms with Crippen LogP contribution in [0, 0.1) is 13.8 Å². The third kappa shape index (κ3) is 4.31. The number of carbonyl (C=O) groups excluding carboxylic acids is 1. The lowest BCUT2D eigenvalue weighted by Crippen LogP contribution is -2.06. The van der Waals surface area contributed by atoms with Gasteiger partial charge in [0.05, 0.1) is 7.11 Å². The molecule has 0 saturated carbocycles. The Hall–Kier alpha value is -3.22. The number of aliphatic imine (C=N–C) groups is 1. The molecule has 0 atom stereocenters. The second-order valence-corrected chi connectivity index (χ2v) is 6.00. The lowest BCUT2D eigenvalue weighted by atomic mass is 10.1. The van der Waals surface area contributed by atoms with Crippen LogP contribution in [0.4, 0.5) is 8.78 Å². The number of benzene rings is 2.